The first kappa shape index (κ1) is 12.6. The minimum atomic E-state index is 0.636. The lowest BCUT2D eigenvalue weighted by molar-refractivity contribution is 0.131. The highest BCUT2D eigenvalue weighted by atomic mass is 15.2. The van der Waals surface area contributed by atoms with Crippen molar-refractivity contribution in [3.05, 3.63) is 35.4 Å². The Morgan fingerprint density at radius 1 is 1.35 bits per heavy atom. The van der Waals surface area contributed by atoms with Crippen LogP contribution < -0.4 is 5.32 Å². The summed E-state index contributed by atoms with van der Waals surface area (Å²) in [7, 11) is 0. The van der Waals surface area contributed by atoms with Crippen molar-refractivity contribution in [3.8, 4) is 0 Å². The number of rotatable bonds is 3. The molecule has 0 aromatic heterocycles. The zero-order chi connectivity index (χ0) is 12.3. The predicted molar refractivity (Wildman–Crippen MR) is 73.1 cm³/mol. The topological polar surface area (TPSA) is 15.3 Å². The van der Waals surface area contributed by atoms with Crippen LogP contribution in [-0.2, 0) is 6.54 Å². The summed E-state index contributed by atoms with van der Waals surface area (Å²) < 4.78 is 0. The third kappa shape index (κ3) is 3.08. The molecular weight excluding hydrogens is 208 g/mol. The quantitative estimate of drug-likeness (QED) is 0.861. The lowest BCUT2D eigenvalue weighted by Crippen LogP contribution is -2.54. The first-order valence-corrected chi connectivity index (χ1v) is 6.72. The number of hydrogen-bond acceptors (Lipinski definition) is 2. The smallest absolute Gasteiger partial charge is 0.0240 e. The Balaban J connectivity index is 2.04. The van der Waals surface area contributed by atoms with E-state index in [1.165, 1.54) is 24.1 Å². The average Bonchev–Trinajstić information content (AvgIpc) is 2.35. The number of hydrogen-bond donors (Lipinski definition) is 1. The van der Waals surface area contributed by atoms with Crippen molar-refractivity contribution in [1.82, 2.24) is 10.2 Å². The maximum Gasteiger partial charge on any atom is 0.0240 e. The van der Waals surface area contributed by atoms with Crippen molar-refractivity contribution >= 4 is 0 Å². The molecule has 94 valence electrons. The van der Waals surface area contributed by atoms with Gasteiger partial charge in [0.05, 0.1) is 0 Å². The molecule has 1 aliphatic rings. The molecule has 1 aromatic carbocycles. The zero-order valence-corrected chi connectivity index (χ0v) is 11.2. The SMILES string of the molecule is CCC1CN(Cc2ccccc2C)C(C)CN1. The lowest BCUT2D eigenvalue weighted by atomic mass is 10.0. The van der Waals surface area contributed by atoms with E-state index in [-0.39, 0.29) is 0 Å². The summed E-state index contributed by atoms with van der Waals surface area (Å²) in [6, 6.07) is 10.0. The van der Waals surface area contributed by atoms with Gasteiger partial charge in [-0.25, -0.2) is 0 Å². The summed E-state index contributed by atoms with van der Waals surface area (Å²) in [5.41, 5.74) is 2.88. The molecule has 17 heavy (non-hydrogen) atoms. The molecule has 0 saturated carbocycles. The molecule has 1 saturated heterocycles. The Hall–Kier alpha value is -0.860. The molecule has 1 aliphatic heterocycles. The van der Waals surface area contributed by atoms with Crippen LogP contribution in [0.3, 0.4) is 0 Å². The van der Waals surface area contributed by atoms with Crippen molar-refractivity contribution in [2.75, 3.05) is 13.1 Å². The summed E-state index contributed by atoms with van der Waals surface area (Å²) in [5, 5.41) is 3.61. The van der Waals surface area contributed by atoms with Crippen LogP contribution in [0.5, 0.6) is 0 Å². The fraction of sp³-hybridized carbons (Fsp3) is 0.600. The highest BCUT2D eigenvalue weighted by Gasteiger charge is 2.23. The molecular formula is C15H24N2. The second-order valence-electron chi connectivity index (χ2n) is 5.22. The van der Waals surface area contributed by atoms with Crippen molar-refractivity contribution < 1.29 is 0 Å². The first-order chi connectivity index (χ1) is 8.20. The molecule has 1 heterocycles. The molecule has 1 N–H and O–H groups in total. The van der Waals surface area contributed by atoms with E-state index in [1.807, 2.05) is 0 Å². The largest absolute Gasteiger partial charge is 0.311 e. The number of aryl methyl sites for hydroxylation is 1. The van der Waals surface area contributed by atoms with Crippen LogP contribution in [-0.4, -0.2) is 30.1 Å². The summed E-state index contributed by atoms with van der Waals surface area (Å²) in [6.45, 7) is 10.2. The predicted octanol–water partition coefficient (Wildman–Crippen LogP) is 2.57. The second kappa shape index (κ2) is 5.65. The van der Waals surface area contributed by atoms with Gasteiger partial charge in [-0.2, -0.15) is 0 Å². The van der Waals surface area contributed by atoms with Gasteiger partial charge in [0.25, 0.3) is 0 Å². The minimum Gasteiger partial charge on any atom is -0.311 e. The van der Waals surface area contributed by atoms with E-state index in [9.17, 15) is 0 Å². The molecule has 2 nitrogen and oxygen atoms in total. The van der Waals surface area contributed by atoms with Gasteiger partial charge in [0.15, 0.2) is 0 Å². The van der Waals surface area contributed by atoms with E-state index in [4.69, 9.17) is 0 Å². The molecule has 2 atom stereocenters. The van der Waals surface area contributed by atoms with Crippen LogP contribution in [0.25, 0.3) is 0 Å². The third-order valence-electron chi connectivity index (χ3n) is 3.91. The molecule has 0 aliphatic carbocycles. The molecule has 0 radical (unpaired) electrons. The molecule has 0 amide bonds. The van der Waals surface area contributed by atoms with Gasteiger partial charge in [-0.3, -0.25) is 4.90 Å². The summed E-state index contributed by atoms with van der Waals surface area (Å²) in [4.78, 5) is 2.60. The number of piperazine rings is 1. The van der Waals surface area contributed by atoms with Crippen LogP contribution >= 0.6 is 0 Å². The molecule has 0 spiro atoms. The number of benzene rings is 1. The lowest BCUT2D eigenvalue weighted by Gasteiger charge is -2.38. The van der Waals surface area contributed by atoms with Crippen LogP contribution in [0.1, 0.15) is 31.4 Å². The maximum atomic E-state index is 3.61. The fourth-order valence-electron chi connectivity index (χ4n) is 2.49. The molecule has 2 unspecified atom stereocenters. The van der Waals surface area contributed by atoms with Gasteiger partial charge in [-0.1, -0.05) is 31.2 Å². The number of nitrogens with one attached hydrogen (secondary N) is 1. The Kier molecular flexibility index (Phi) is 4.19. The van der Waals surface area contributed by atoms with Crippen LogP contribution in [0.2, 0.25) is 0 Å². The van der Waals surface area contributed by atoms with Gasteiger partial charge in [-0.05, 0) is 31.4 Å². The van der Waals surface area contributed by atoms with Crippen LogP contribution in [0.4, 0.5) is 0 Å². The van der Waals surface area contributed by atoms with E-state index >= 15 is 0 Å². The van der Waals surface area contributed by atoms with Crippen molar-refractivity contribution in [2.24, 2.45) is 0 Å². The Labute approximate surface area is 105 Å². The van der Waals surface area contributed by atoms with Gasteiger partial charge in [0, 0.05) is 31.7 Å². The highest BCUT2D eigenvalue weighted by molar-refractivity contribution is 5.25. The summed E-state index contributed by atoms with van der Waals surface area (Å²) in [5.74, 6) is 0. The normalized spacial score (nSPS) is 26.1. The molecule has 2 heteroatoms. The Morgan fingerprint density at radius 3 is 2.82 bits per heavy atom. The van der Waals surface area contributed by atoms with Crippen LogP contribution in [0.15, 0.2) is 24.3 Å². The fourth-order valence-corrected chi connectivity index (χ4v) is 2.49. The second-order valence-corrected chi connectivity index (χ2v) is 5.22. The van der Waals surface area contributed by atoms with E-state index in [0.29, 0.717) is 12.1 Å². The van der Waals surface area contributed by atoms with Crippen molar-refractivity contribution in [2.45, 2.75) is 45.8 Å². The van der Waals surface area contributed by atoms with Crippen molar-refractivity contribution in [1.29, 1.82) is 0 Å². The van der Waals surface area contributed by atoms with Gasteiger partial charge >= 0.3 is 0 Å². The van der Waals surface area contributed by atoms with Gasteiger partial charge in [0.1, 0.15) is 0 Å². The monoisotopic (exact) mass is 232 g/mol. The zero-order valence-electron chi connectivity index (χ0n) is 11.2. The first-order valence-electron chi connectivity index (χ1n) is 6.72. The minimum absolute atomic E-state index is 0.636. The standard InChI is InChI=1S/C15H24N2/c1-4-15-11-17(13(3)9-16-15)10-14-8-6-5-7-12(14)2/h5-8,13,15-16H,4,9-11H2,1-3H3. The summed E-state index contributed by atoms with van der Waals surface area (Å²) in [6.07, 6.45) is 1.22. The van der Waals surface area contributed by atoms with Gasteiger partial charge in [-0.15, -0.1) is 0 Å². The molecule has 1 fully saturated rings. The van der Waals surface area contributed by atoms with E-state index in [0.717, 1.165) is 13.1 Å². The molecule has 0 bridgehead atoms. The number of nitrogens with zero attached hydrogens (tertiary/aromatic N) is 1. The van der Waals surface area contributed by atoms with Crippen LogP contribution in [0, 0.1) is 6.92 Å². The highest BCUT2D eigenvalue weighted by Crippen LogP contribution is 2.16. The third-order valence-corrected chi connectivity index (χ3v) is 3.91. The Morgan fingerprint density at radius 2 is 2.12 bits per heavy atom. The average molecular weight is 232 g/mol. The molecule has 1 aromatic rings. The van der Waals surface area contributed by atoms with E-state index in [2.05, 4.69) is 55.3 Å². The summed E-state index contributed by atoms with van der Waals surface area (Å²) >= 11 is 0. The Bertz CT molecular complexity index is 362. The maximum absolute atomic E-state index is 3.61. The molecule has 2 rings (SSSR count). The van der Waals surface area contributed by atoms with Gasteiger partial charge < -0.3 is 5.32 Å². The van der Waals surface area contributed by atoms with Crippen molar-refractivity contribution in [3.63, 3.8) is 0 Å². The van der Waals surface area contributed by atoms with E-state index in [1.54, 1.807) is 0 Å². The van der Waals surface area contributed by atoms with Gasteiger partial charge in [0.2, 0.25) is 0 Å². The van der Waals surface area contributed by atoms with E-state index < -0.39 is 0 Å².